The number of aromatic nitrogens is 2. The van der Waals surface area contributed by atoms with Crippen molar-refractivity contribution in [2.75, 3.05) is 18.9 Å². The number of carbonyl (C=O) groups is 2. The van der Waals surface area contributed by atoms with E-state index < -0.39 is 5.91 Å². The number of amides is 2. The number of aryl methyl sites for hydroxylation is 4. The molecule has 3 aromatic rings. The van der Waals surface area contributed by atoms with Crippen LogP contribution in [0, 0.1) is 20.8 Å². The lowest BCUT2D eigenvalue weighted by molar-refractivity contribution is -0.116. The van der Waals surface area contributed by atoms with Gasteiger partial charge in [-0.3, -0.25) is 14.4 Å². The molecule has 1 heterocycles. The minimum absolute atomic E-state index is 0.134. The highest BCUT2D eigenvalue weighted by molar-refractivity contribution is 6.06. The lowest BCUT2D eigenvalue weighted by Crippen LogP contribution is -2.37. The van der Waals surface area contributed by atoms with Crippen LogP contribution in [0.1, 0.15) is 27.2 Å². The SMILES string of the molecule is Cc1cc(C)c(NC(=O)CN(C)C(=O)c2nn(C)c(=O)c3ccccc23)c(C)c1. The van der Waals surface area contributed by atoms with Crippen LogP contribution >= 0.6 is 0 Å². The molecule has 0 saturated carbocycles. The first-order chi connectivity index (χ1) is 13.7. The molecule has 0 spiro atoms. The highest BCUT2D eigenvalue weighted by atomic mass is 16.2. The maximum atomic E-state index is 13.0. The Morgan fingerprint density at radius 3 is 2.28 bits per heavy atom. The molecular weight excluding hydrogens is 368 g/mol. The largest absolute Gasteiger partial charge is 0.331 e. The fraction of sp³-hybridized carbons (Fsp3) is 0.273. The molecular formula is C22H24N4O3. The molecule has 2 aromatic carbocycles. The number of benzene rings is 2. The Morgan fingerprint density at radius 1 is 1.07 bits per heavy atom. The van der Waals surface area contributed by atoms with Crippen molar-refractivity contribution >= 4 is 28.3 Å². The average Bonchev–Trinajstić information content (AvgIpc) is 2.67. The Labute approximate surface area is 169 Å². The highest BCUT2D eigenvalue weighted by Gasteiger charge is 2.21. The summed E-state index contributed by atoms with van der Waals surface area (Å²) in [6.07, 6.45) is 0. The minimum Gasteiger partial charge on any atom is -0.331 e. The van der Waals surface area contributed by atoms with Crippen molar-refractivity contribution in [3.05, 3.63) is 69.1 Å². The van der Waals surface area contributed by atoms with Crippen molar-refractivity contribution in [1.29, 1.82) is 0 Å². The number of likely N-dealkylation sites (N-methyl/N-ethyl adjacent to an activating group) is 1. The highest BCUT2D eigenvalue weighted by Crippen LogP contribution is 2.22. The van der Waals surface area contributed by atoms with Gasteiger partial charge in [0.2, 0.25) is 5.91 Å². The predicted octanol–water partition coefficient (Wildman–Crippen LogP) is 2.57. The second-order valence-corrected chi connectivity index (χ2v) is 7.31. The number of rotatable bonds is 4. The van der Waals surface area contributed by atoms with E-state index in [0.29, 0.717) is 10.8 Å². The molecule has 0 aliphatic carbocycles. The van der Waals surface area contributed by atoms with Crippen LogP contribution < -0.4 is 10.9 Å². The van der Waals surface area contributed by atoms with Crippen molar-refractivity contribution < 1.29 is 9.59 Å². The maximum Gasteiger partial charge on any atom is 0.275 e. The van der Waals surface area contributed by atoms with Crippen molar-refractivity contribution in [3.63, 3.8) is 0 Å². The molecule has 0 unspecified atom stereocenters. The van der Waals surface area contributed by atoms with E-state index in [1.165, 1.54) is 11.9 Å². The molecule has 7 nitrogen and oxygen atoms in total. The summed E-state index contributed by atoms with van der Waals surface area (Å²) in [4.78, 5) is 39.1. The second kappa shape index (κ2) is 7.87. The average molecular weight is 392 g/mol. The Morgan fingerprint density at radius 2 is 1.66 bits per heavy atom. The first-order valence-electron chi connectivity index (χ1n) is 9.28. The summed E-state index contributed by atoms with van der Waals surface area (Å²) in [5.41, 5.74) is 3.68. The third kappa shape index (κ3) is 4.03. The normalized spacial score (nSPS) is 10.8. The first-order valence-corrected chi connectivity index (χ1v) is 9.28. The molecule has 1 N–H and O–H groups in total. The van der Waals surface area contributed by atoms with Crippen molar-refractivity contribution in [2.24, 2.45) is 7.05 Å². The fourth-order valence-electron chi connectivity index (χ4n) is 3.48. The summed E-state index contributed by atoms with van der Waals surface area (Å²) < 4.78 is 1.14. The van der Waals surface area contributed by atoms with E-state index in [4.69, 9.17) is 0 Å². The first kappa shape index (κ1) is 20.3. The Kier molecular flexibility index (Phi) is 5.50. The number of anilines is 1. The Balaban J connectivity index is 1.83. The monoisotopic (exact) mass is 392 g/mol. The summed E-state index contributed by atoms with van der Waals surface area (Å²) in [5.74, 6) is -0.727. The van der Waals surface area contributed by atoms with Crippen LogP contribution in [-0.2, 0) is 11.8 Å². The van der Waals surface area contributed by atoms with Crippen molar-refractivity contribution in [1.82, 2.24) is 14.7 Å². The van der Waals surface area contributed by atoms with Gasteiger partial charge in [0.15, 0.2) is 5.69 Å². The van der Waals surface area contributed by atoms with Gasteiger partial charge in [0.1, 0.15) is 0 Å². The molecule has 0 atom stereocenters. The summed E-state index contributed by atoms with van der Waals surface area (Å²) in [6, 6.07) is 10.8. The van der Waals surface area contributed by atoms with E-state index in [-0.39, 0.29) is 23.7 Å². The van der Waals surface area contributed by atoms with Crippen LogP contribution in [-0.4, -0.2) is 40.1 Å². The van der Waals surface area contributed by atoms with E-state index >= 15 is 0 Å². The van der Waals surface area contributed by atoms with E-state index in [1.54, 1.807) is 31.3 Å². The molecule has 1 aromatic heterocycles. The molecule has 150 valence electrons. The van der Waals surface area contributed by atoms with Gasteiger partial charge in [-0.05, 0) is 38.0 Å². The van der Waals surface area contributed by atoms with E-state index in [2.05, 4.69) is 10.4 Å². The van der Waals surface area contributed by atoms with Crippen molar-refractivity contribution in [2.45, 2.75) is 20.8 Å². The van der Waals surface area contributed by atoms with Crippen LogP contribution in [0.2, 0.25) is 0 Å². The van der Waals surface area contributed by atoms with Gasteiger partial charge in [-0.25, -0.2) is 4.68 Å². The lowest BCUT2D eigenvalue weighted by atomic mass is 10.1. The number of hydrogen-bond donors (Lipinski definition) is 1. The molecule has 0 fully saturated rings. The zero-order chi connectivity index (χ0) is 21.3. The smallest absolute Gasteiger partial charge is 0.275 e. The third-order valence-electron chi connectivity index (χ3n) is 4.83. The molecule has 0 radical (unpaired) electrons. The third-order valence-corrected chi connectivity index (χ3v) is 4.83. The number of nitrogens with one attached hydrogen (secondary N) is 1. The molecule has 7 heteroatoms. The van der Waals surface area contributed by atoms with Crippen LogP contribution in [0.15, 0.2) is 41.2 Å². The molecule has 0 bridgehead atoms. The van der Waals surface area contributed by atoms with Crippen molar-refractivity contribution in [3.8, 4) is 0 Å². The van der Waals surface area contributed by atoms with E-state index in [1.807, 2.05) is 32.9 Å². The molecule has 2 amide bonds. The zero-order valence-corrected chi connectivity index (χ0v) is 17.2. The van der Waals surface area contributed by atoms with Gasteiger partial charge in [-0.15, -0.1) is 0 Å². The molecule has 29 heavy (non-hydrogen) atoms. The van der Waals surface area contributed by atoms with Gasteiger partial charge in [0.05, 0.1) is 11.9 Å². The van der Waals surface area contributed by atoms with Gasteiger partial charge in [0.25, 0.3) is 11.5 Å². The fourth-order valence-corrected chi connectivity index (χ4v) is 3.48. The maximum absolute atomic E-state index is 13.0. The molecule has 3 rings (SSSR count). The Hall–Kier alpha value is -3.48. The van der Waals surface area contributed by atoms with Gasteiger partial charge in [0, 0.05) is 25.2 Å². The predicted molar refractivity (Wildman–Crippen MR) is 113 cm³/mol. The summed E-state index contributed by atoms with van der Waals surface area (Å²) in [5, 5.41) is 7.91. The Bertz CT molecular complexity index is 1160. The van der Waals surface area contributed by atoms with Gasteiger partial charge < -0.3 is 10.2 Å². The number of hydrogen-bond acceptors (Lipinski definition) is 4. The van der Waals surface area contributed by atoms with Gasteiger partial charge in [-0.2, -0.15) is 5.10 Å². The van der Waals surface area contributed by atoms with Gasteiger partial charge >= 0.3 is 0 Å². The summed E-state index contributed by atoms with van der Waals surface area (Å²) in [7, 11) is 3.04. The number of nitrogens with zero attached hydrogens (tertiary/aromatic N) is 3. The van der Waals surface area contributed by atoms with Crippen LogP contribution in [0.3, 0.4) is 0 Å². The lowest BCUT2D eigenvalue weighted by Gasteiger charge is -2.19. The molecule has 0 aliphatic rings. The minimum atomic E-state index is -0.427. The molecule has 0 aliphatic heterocycles. The number of fused-ring (bicyclic) bond motifs is 1. The molecule has 0 saturated heterocycles. The summed E-state index contributed by atoms with van der Waals surface area (Å²) in [6.45, 7) is 5.74. The van der Waals surface area contributed by atoms with Crippen LogP contribution in [0.25, 0.3) is 10.8 Å². The summed E-state index contributed by atoms with van der Waals surface area (Å²) >= 11 is 0. The standard InChI is InChI=1S/C22H24N4O3/c1-13-10-14(2)19(15(3)11-13)23-18(27)12-25(4)22(29)20-16-8-6-7-9-17(16)21(28)26(5)24-20/h6-11H,12H2,1-5H3,(H,23,27). The van der Waals surface area contributed by atoms with Crippen LogP contribution in [0.4, 0.5) is 5.69 Å². The zero-order valence-electron chi connectivity index (χ0n) is 17.2. The second-order valence-electron chi connectivity index (χ2n) is 7.31. The van der Waals surface area contributed by atoms with Crippen LogP contribution in [0.5, 0.6) is 0 Å². The van der Waals surface area contributed by atoms with E-state index in [9.17, 15) is 14.4 Å². The quantitative estimate of drug-likeness (QED) is 0.740. The number of carbonyl (C=O) groups excluding carboxylic acids is 2. The topological polar surface area (TPSA) is 84.3 Å². The van der Waals surface area contributed by atoms with Gasteiger partial charge in [-0.1, -0.05) is 35.9 Å². The van der Waals surface area contributed by atoms with E-state index in [0.717, 1.165) is 27.1 Å².